The highest BCUT2D eigenvalue weighted by atomic mass is 35.5. The van der Waals surface area contributed by atoms with Gasteiger partial charge in [-0.2, -0.15) is 10.5 Å². The average Bonchev–Trinajstić information content (AvgIpc) is 3.54. The number of esters is 2. The molecule has 0 spiro atoms. The van der Waals surface area contributed by atoms with Crippen molar-refractivity contribution in [2.75, 3.05) is 18.9 Å². The molecule has 0 bridgehead atoms. The van der Waals surface area contributed by atoms with Crippen LogP contribution in [0.1, 0.15) is 30.7 Å². The number of nitrogens with two attached hydrogens (primary N) is 3. The summed E-state index contributed by atoms with van der Waals surface area (Å²) >= 11 is 7.19. The van der Waals surface area contributed by atoms with Crippen molar-refractivity contribution in [3.8, 4) is 40.5 Å². The number of nitrogen functional groups attached to an aromatic ring is 1. The van der Waals surface area contributed by atoms with Crippen LogP contribution in [0.25, 0.3) is 22.6 Å². The molecule has 0 aliphatic carbocycles. The first-order valence-electron chi connectivity index (χ1n) is 14.1. The quantitative estimate of drug-likeness (QED) is 0.133. The van der Waals surface area contributed by atoms with Crippen molar-refractivity contribution in [2.45, 2.75) is 42.8 Å². The highest BCUT2D eigenvalue weighted by Gasteiger charge is 2.23. The Morgan fingerprint density at radius 1 is 0.936 bits per heavy atom. The number of benzene rings is 2. The predicted octanol–water partition coefficient (Wildman–Crippen LogP) is 4.20. The lowest BCUT2D eigenvalue weighted by molar-refractivity contribution is -0.162. The molecule has 15 heteroatoms. The smallest absolute Gasteiger partial charge is 0.323 e. The molecule has 2 aromatic carbocycles. The number of nitrogens with zero attached hydrogens (tertiary/aromatic N) is 4. The number of oxazole rings is 1. The minimum atomic E-state index is -0.960. The van der Waals surface area contributed by atoms with Gasteiger partial charge in [-0.25, -0.2) is 9.97 Å². The molecule has 2 heterocycles. The Labute approximate surface area is 279 Å². The number of anilines is 1. The molecule has 2 aromatic heterocycles. The zero-order chi connectivity index (χ0) is 34.1. The van der Waals surface area contributed by atoms with Crippen LogP contribution in [0.4, 0.5) is 5.82 Å². The lowest BCUT2D eigenvalue weighted by Gasteiger charge is -2.20. The molecule has 0 aliphatic heterocycles. The summed E-state index contributed by atoms with van der Waals surface area (Å²) in [6.45, 7) is 2.47. The normalized spacial score (nSPS) is 12.7. The summed E-state index contributed by atoms with van der Waals surface area (Å²) in [7, 11) is 0. The molecule has 3 atom stereocenters. The summed E-state index contributed by atoms with van der Waals surface area (Å²) in [5, 5.41) is 21.0. The SMILES string of the molecule is CC(N)C(=O)OC[C@H](COc1ccc(-c2c(C#N)c(N)nc(SCc3coc(-c4ccc(Cl)cc4)n3)c2C#N)cc1)OC(=O)C(C)N. The van der Waals surface area contributed by atoms with Gasteiger partial charge in [-0.05, 0) is 55.8 Å². The van der Waals surface area contributed by atoms with Crippen molar-refractivity contribution in [3.05, 3.63) is 76.6 Å². The third-order valence-corrected chi connectivity index (χ3v) is 7.69. The second-order valence-corrected chi connectivity index (χ2v) is 11.6. The first-order valence-corrected chi connectivity index (χ1v) is 15.4. The molecule has 0 saturated carbocycles. The van der Waals surface area contributed by atoms with E-state index < -0.39 is 30.1 Å². The first kappa shape index (κ1) is 34.7. The molecule has 242 valence electrons. The molecule has 0 radical (unpaired) electrons. The van der Waals surface area contributed by atoms with Gasteiger partial charge in [-0.1, -0.05) is 35.5 Å². The van der Waals surface area contributed by atoms with Crippen molar-refractivity contribution in [2.24, 2.45) is 11.5 Å². The summed E-state index contributed by atoms with van der Waals surface area (Å²) in [4.78, 5) is 32.7. The molecule has 0 aliphatic rings. The fraction of sp³-hybridized carbons (Fsp3) is 0.250. The Morgan fingerprint density at radius 3 is 2.19 bits per heavy atom. The number of thioether (sulfide) groups is 1. The predicted molar refractivity (Wildman–Crippen MR) is 174 cm³/mol. The number of nitriles is 2. The highest BCUT2D eigenvalue weighted by molar-refractivity contribution is 7.98. The van der Waals surface area contributed by atoms with Gasteiger partial charge in [-0.15, -0.1) is 0 Å². The zero-order valence-electron chi connectivity index (χ0n) is 25.3. The van der Waals surface area contributed by atoms with E-state index in [0.717, 1.165) is 5.56 Å². The van der Waals surface area contributed by atoms with Crippen LogP contribution in [0.15, 0.2) is 64.2 Å². The van der Waals surface area contributed by atoms with Crippen molar-refractivity contribution in [3.63, 3.8) is 0 Å². The maximum absolute atomic E-state index is 12.1. The van der Waals surface area contributed by atoms with Gasteiger partial charge in [0.25, 0.3) is 0 Å². The summed E-state index contributed by atoms with van der Waals surface area (Å²) < 4.78 is 21.8. The van der Waals surface area contributed by atoms with Crippen molar-refractivity contribution in [1.29, 1.82) is 10.5 Å². The van der Waals surface area contributed by atoms with E-state index >= 15 is 0 Å². The topological polar surface area (TPSA) is 226 Å². The molecule has 0 fully saturated rings. The Bertz CT molecular complexity index is 1820. The number of pyridine rings is 1. The number of hydrogen-bond donors (Lipinski definition) is 3. The standard InChI is InChI=1S/C32H30ClN7O6S/c1-17(36)31(41)45-15-24(46-32(42)18(2)37)14-43-23-9-5-19(6-10-23)27-25(11-34)28(38)40-30(26(27)12-35)47-16-22-13-44-29(39-22)20-3-7-21(33)8-4-20/h3-10,13,17-18,24H,14-16,36-37H2,1-2H3,(H2,38,40)/t17?,18?,24-/m0/s1. The number of carbonyl (C=O) groups excluding carboxylic acids is 2. The molecule has 0 saturated heterocycles. The van der Waals surface area contributed by atoms with E-state index in [4.69, 9.17) is 47.4 Å². The average molecular weight is 676 g/mol. The van der Waals surface area contributed by atoms with Crippen LogP contribution >= 0.6 is 23.4 Å². The summed E-state index contributed by atoms with van der Waals surface area (Å²) in [5.41, 5.74) is 19.7. The Kier molecular flexibility index (Phi) is 11.8. The van der Waals surface area contributed by atoms with Gasteiger partial charge in [0.2, 0.25) is 5.89 Å². The molecule has 4 aromatic rings. The second-order valence-electron chi connectivity index (χ2n) is 10.2. The van der Waals surface area contributed by atoms with Crippen LogP contribution < -0.4 is 21.9 Å². The molecule has 2 unspecified atom stereocenters. The van der Waals surface area contributed by atoms with Gasteiger partial charge in [0.15, 0.2) is 6.10 Å². The molecule has 4 rings (SSSR count). The first-order chi connectivity index (χ1) is 22.5. The lowest BCUT2D eigenvalue weighted by atomic mass is 9.97. The molecule has 47 heavy (non-hydrogen) atoms. The van der Waals surface area contributed by atoms with Gasteiger partial charge in [0.05, 0.1) is 11.3 Å². The van der Waals surface area contributed by atoms with Crippen LogP contribution in [0.5, 0.6) is 5.75 Å². The highest BCUT2D eigenvalue weighted by Crippen LogP contribution is 2.37. The Hall–Kier alpha value is -5.12. The van der Waals surface area contributed by atoms with Gasteiger partial charge in [-0.3, -0.25) is 9.59 Å². The number of hydrogen-bond acceptors (Lipinski definition) is 14. The van der Waals surface area contributed by atoms with Crippen molar-refractivity contribution in [1.82, 2.24) is 9.97 Å². The number of ether oxygens (including phenoxy) is 3. The van der Waals surface area contributed by atoms with E-state index in [-0.39, 0.29) is 30.2 Å². The van der Waals surface area contributed by atoms with E-state index in [9.17, 15) is 20.1 Å². The van der Waals surface area contributed by atoms with E-state index in [1.54, 1.807) is 48.5 Å². The Morgan fingerprint density at radius 2 is 1.57 bits per heavy atom. The third kappa shape index (κ3) is 9.00. The second kappa shape index (κ2) is 15.9. The van der Waals surface area contributed by atoms with Crippen molar-refractivity contribution < 1.29 is 28.2 Å². The monoisotopic (exact) mass is 675 g/mol. The summed E-state index contributed by atoms with van der Waals surface area (Å²) in [5.74, 6) is -0.316. The maximum Gasteiger partial charge on any atom is 0.323 e. The summed E-state index contributed by atoms with van der Waals surface area (Å²) in [6, 6.07) is 16.0. The minimum Gasteiger partial charge on any atom is -0.490 e. The fourth-order valence-corrected chi connectivity index (χ4v) is 5.03. The largest absolute Gasteiger partial charge is 0.490 e. The van der Waals surface area contributed by atoms with Gasteiger partial charge >= 0.3 is 11.9 Å². The number of aromatic nitrogens is 2. The minimum absolute atomic E-state index is 0.0357. The Balaban J connectivity index is 1.52. The van der Waals surface area contributed by atoms with Crippen LogP contribution in [-0.2, 0) is 24.8 Å². The van der Waals surface area contributed by atoms with Crippen LogP contribution in [0.2, 0.25) is 5.02 Å². The van der Waals surface area contributed by atoms with Gasteiger partial charge in [0.1, 0.15) is 65.9 Å². The van der Waals surface area contributed by atoms with Gasteiger partial charge < -0.3 is 35.8 Å². The fourth-order valence-electron chi connectivity index (χ4n) is 4.03. The van der Waals surface area contributed by atoms with Crippen LogP contribution in [0, 0.1) is 22.7 Å². The zero-order valence-corrected chi connectivity index (χ0v) is 26.9. The van der Waals surface area contributed by atoms with Gasteiger partial charge in [0, 0.05) is 21.9 Å². The van der Waals surface area contributed by atoms with Crippen molar-refractivity contribution >= 4 is 41.1 Å². The van der Waals surface area contributed by atoms with E-state index in [1.807, 2.05) is 0 Å². The van der Waals surface area contributed by atoms with Crippen LogP contribution in [-0.4, -0.2) is 53.3 Å². The summed E-state index contributed by atoms with van der Waals surface area (Å²) in [6.07, 6.45) is 0.554. The maximum atomic E-state index is 12.1. The molecule has 6 N–H and O–H groups in total. The third-order valence-electron chi connectivity index (χ3n) is 6.43. The van der Waals surface area contributed by atoms with E-state index in [2.05, 4.69) is 22.1 Å². The van der Waals surface area contributed by atoms with E-state index in [0.29, 0.717) is 44.3 Å². The van der Waals surface area contributed by atoms with Crippen LogP contribution in [0.3, 0.4) is 0 Å². The number of halogens is 1. The van der Waals surface area contributed by atoms with E-state index in [1.165, 1.54) is 31.9 Å². The number of rotatable bonds is 13. The molecular weight excluding hydrogens is 646 g/mol. The molecule has 0 amide bonds. The molecular formula is C32H30ClN7O6S. The molecule has 13 nitrogen and oxygen atoms in total. The number of carbonyl (C=O) groups is 2. The lowest BCUT2D eigenvalue weighted by Crippen LogP contribution is -2.38.